The number of nitrogens with zero attached hydrogens (tertiary/aromatic N) is 1. The number of carboxylic acids is 1. The fourth-order valence-electron chi connectivity index (χ4n) is 4.31. The van der Waals surface area contributed by atoms with Crippen LogP contribution >= 0.6 is 0 Å². The van der Waals surface area contributed by atoms with Crippen molar-refractivity contribution in [2.45, 2.75) is 55.5 Å². The van der Waals surface area contributed by atoms with Crippen LogP contribution in [0.4, 0.5) is 5.69 Å². The van der Waals surface area contributed by atoms with Crippen LogP contribution in [0.3, 0.4) is 0 Å². The summed E-state index contributed by atoms with van der Waals surface area (Å²) >= 11 is 0. The number of rotatable bonds is 12. The first-order valence-electron chi connectivity index (χ1n) is 12.6. The highest BCUT2D eigenvalue weighted by atomic mass is 32.2. The van der Waals surface area contributed by atoms with E-state index in [1.165, 1.54) is 12.1 Å². The minimum atomic E-state index is -3.93. The molecule has 0 aliphatic carbocycles. The quantitative estimate of drug-likeness (QED) is 0.127. The van der Waals surface area contributed by atoms with Crippen molar-refractivity contribution in [3.05, 3.63) is 60.2 Å². The number of aliphatic carboxylic acids is 1. The van der Waals surface area contributed by atoms with Crippen molar-refractivity contribution in [1.29, 1.82) is 5.41 Å². The first kappa shape index (κ1) is 29.6. The molecule has 0 radical (unpaired) electrons. The standard InChI is InChI=1S/C26H34N6O6S/c27-26(28)29-15-6-10-23(33)30-19-13-11-18(12-14-19)17-21(25(35)36)31-24(34)22-9-4-5-16-32(22)39(37,38)20-7-2-1-3-8-20/h1-3,7-8,11-14,21-22H,4-6,9-10,15-17H2,(H,30,33)(H,31,34)(H,35,36)(H4,27,28,29)/t21-,22-/m0/s1. The van der Waals surface area contributed by atoms with E-state index < -0.39 is 34.0 Å². The van der Waals surface area contributed by atoms with E-state index in [0.29, 0.717) is 43.5 Å². The molecule has 210 valence electrons. The van der Waals surface area contributed by atoms with Crippen LogP contribution in [0.1, 0.15) is 37.7 Å². The molecule has 1 saturated heterocycles. The Hall–Kier alpha value is -3.97. The summed E-state index contributed by atoms with van der Waals surface area (Å²) in [4.78, 5) is 37.3. The molecule has 3 rings (SSSR count). The van der Waals surface area contributed by atoms with Crippen LogP contribution in [0.5, 0.6) is 0 Å². The lowest BCUT2D eigenvalue weighted by molar-refractivity contribution is -0.142. The van der Waals surface area contributed by atoms with Gasteiger partial charge in [-0.1, -0.05) is 36.8 Å². The maximum Gasteiger partial charge on any atom is 0.326 e. The lowest BCUT2D eigenvalue weighted by atomic mass is 10.0. The van der Waals surface area contributed by atoms with Crippen molar-refractivity contribution in [2.75, 3.05) is 18.4 Å². The Kier molecular flexibility index (Phi) is 10.4. The molecular weight excluding hydrogens is 524 g/mol. The Bertz CT molecular complexity index is 1270. The number of guanidine groups is 1. The van der Waals surface area contributed by atoms with Crippen molar-refractivity contribution < 1.29 is 27.9 Å². The smallest absolute Gasteiger partial charge is 0.326 e. The zero-order valence-electron chi connectivity index (χ0n) is 21.4. The average molecular weight is 559 g/mol. The summed E-state index contributed by atoms with van der Waals surface area (Å²) in [5, 5.41) is 24.7. The monoisotopic (exact) mass is 558 g/mol. The molecular formula is C26H34N6O6S. The van der Waals surface area contributed by atoms with Gasteiger partial charge in [0.15, 0.2) is 5.96 Å². The average Bonchev–Trinajstić information content (AvgIpc) is 2.92. The third-order valence-electron chi connectivity index (χ3n) is 6.29. The van der Waals surface area contributed by atoms with Crippen LogP contribution < -0.4 is 21.7 Å². The van der Waals surface area contributed by atoms with Gasteiger partial charge in [0.25, 0.3) is 0 Å². The number of nitrogens with two attached hydrogens (primary N) is 1. The summed E-state index contributed by atoms with van der Waals surface area (Å²) in [6.07, 6.45) is 2.25. The summed E-state index contributed by atoms with van der Waals surface area (Å²) in [5.74, 6) is -2.26. The van der Waals surface area contributed by atoms with Gasteiger partial charge >= 0.3 is 5.97 Å². The summed E-state index contributed by atoms with van der Waals surface area (Å²) in [7, 11) is -3.93. The summed E-state index contributed by atoms with van der Waals surface area (Å²) < 4.78 is 27.6. The molecule has 0 aromatic heterocycles. The first-order chi connectivity index (χ1) is 18.6. The van der Waals surface area contributed by atoms with Crippen molar-refractivity contribution in [3.63, 3.8) is 0 Å². The maximum absolute atomic E-state index is 13.2. The predicted octanol–water partition coefficient (Wildman–Crippen LogP) is 1.24. The highest BCUT2D eigenvalue weighted by Gasteiger charge is 2.38. The van der Waals surface area contributed by atoms with Crippen molar-refractivity contribution in [1.82, 2.24) is 14.9 Å². The minimum absolute atomic E-state index is 0.0236. The molecule has 2 atom stereocenters. The largest absolute Gasteiger partial charge is 0.480 e. The molecule has 2 aromatic rings. The molecule has 0 spiro atoms. The van der Waals surface area contributed by atoms with E-state index in [-0.39, 0.29) is 36.1 Å². The van der Waals surface area contributed by atoms with Crippen molar-refractivity contribution >= 4 is 39.5 Å². The predicted molar refractivity (Wildman–Crippen MR) is 145 cm³/mol. The number of nitrogens with one attached hydrogen (secondary N) is 4. The lowest BCUT2D eigenvalue weighted by Crippen LogP contribution is -2.55. The second-order valence-corrected chi connectivity index (χ2v) is 11.1. The van der Waals surface area contributed by atoms with Crippen LogP contribution in [0.15, 0.2) is 59.5 Å². The number of benzene rings is 2. The van der Waals surface area contributed by atoms with Gasteiger partial charge in [0.2, 0.25) is 21.8 Å². The van der Waals surface area contributed by atoms with Crippen LogP contribution in [0.2, 0.25) is 0 Å². The molecule has 1 fully saturated rings. The zero-order valence-corrected chi connectivity index (χ0v) is 22.2. The molecule has 0 unspecified atom stereocenters. The molecule has 1 heterocycles. The second-order valence-electron chi connectivity index (χ2n) is 9.23. The van der Waals surface area contributed by atoms with E-state index in [0.717, 1.165) is 4.31 Å². The van der Waals surface area contributed by atoms with E-state index in [1.54, 1.807) is 42.5 Å². The van der Waals surface area contributed by atoms with Crippen LogP contribution in [-0.2, 0) is 30.8 Å². The number of hydrogen-bond donors (Lipinski definition) is 6. The molecule has 7 N–H and O–H groups in total. The third kappa shape index (κ3) is 8.52. The minimum Gasteiger partial charge on any atom is -0.480 e. The number of sulfonamides is 1. The van der Waals surface area contributed by atoms with Gasteiger partial charge in [-0.3, -0.25) is 15.0 Å². The van der Waals surface area contributed by atoms with Gasteiger partial charge in [0.1, 0.15) is 12.1 Å². The van der Waals surface area contributed by atoms with Crippen molar-refractivity contribution in [3.8, 4) is 0 Å². The molecule has 0 bridgehead atoms. The molecule has 12 nitrogen and oxygen atoms in total. The molecule has 2 aromatic carbocycles. The normalized spacial score (nSPS) is 16.6. The summed E-state index contributed by atoms with van der Waals surface area (Å²) in [5.41, 5.74) is 6.34. The van der Waals surface area contributed by atoms with Crippen molar-refractivity contribution in [2.24, 2.45) is 5.73 Å². The Morgan fingerprint density at radius 3 is 2.41 bits per heavy atom. The van der Waals surface area contributed by atoms with Gasteiger partial charge in [0, 0.05) is 31.6 Å². The second kappa shape index (κ2) is 13.7. The van der Waals surface area contributed by atoms with Gasteiger partial charge in [-0.05, 0) is 49.1 Å². The topological polar surface area (TPSA) is 195 Å². The molecule has 1 aliphatic rings. The molecule has 2 amide bonds. The molecule has 39 heavy (non-hydrogen) atoms. The number of amides is 2. The van der Waals surface area contributed by atoms with E-state index in [1.807, 2.05) is 0 Å². The summed E-state index contributed by atoms with van der Waals surface area (Å²) in [6, 6.07) is 12.2. The number of piperidine rings is 1. The van der Waals surface area contributed by atoms with Gasteiger partial charge in [-0.15, -0.1) is 0 Å². The fourth-order valence-corrected chi connectivity index (χ4v) is 5.98. The Labute approximate surface area is 227 Å². The number of carbonyl (C=O) groups excluding carboxylic acids is 2. The van der Waals surface area contributed by atoms with Crippen LogP contribution in [0, 0.1) is 5.41 Å². The summed E-state index contributed by atoms with van der Waals surface area (Å²) in [6.45, 7) is 0.578. The number of hydrogen-bond acceptors (Lipinski definition) is 6. The maximum atomic E-state index is 13.2. The third-order valence-corrected chi connectivity index (χ3v) is 8.22. The van der Waals surface area contributed by atoms with E-state index in [9.17, 15) is 27.9 Å². The van der Waals surface area contributed by atoms with E-state index in [2.05, 4.69) is 16.0 Å². The number of carboxylic acid groups (broad SMARTS) is 1. The SMILES string of the molecule is N=C(N)NCCCC(=O)Nc1ccc(C[C@H](NC(=O)[C@@H]2CCCCN2S(=O)(=O)c2ccccc2)C(=O)O)cc1. The zero-order chi connectivity index (χ0) is 28.4. The first-order valence-corrected chi connectivity index (χ1v) is 14.1. The van der Waals surface area contributed by atoms with Gasteiger partial charge in [-0.25, -0.2) is 13.2 Å². The number of anilines is 1. The Morgan fingerprint density at radius 2 is 1.77 bits per heavy atom. The van der Waals surface area contributed by atoms with E-state index >= 15 is 0 Å². The van der Waals surface area contributed by atoms with Gasteiger partial charge < -0.3 is 26.8 Å². The van der Waals surface area contributed by atoms with Crippen LogP contribution in [-0.4, -0.2) is 66.7 Å². The van der Waals surface area contributed by atoms with Gasteiger partial charge in [0.05, 0.1) is 4.90 Å². The Morgan fingerprint density at radius 1 is 1.08 bits per heavy atom. The fraction of sp³-hybridized carbons (Fsp3) is 0.385. The highest BCUT2D eigenvalue weighted by molar-refractivity contribution is 7.89. The number of carbonyl (C=O) groups is 3. The molecule has 13 heteroatoms. The van der Waals surface area contributed by atoms with Gasteiger partial charge in [-0.2, -0.15) is 4.31 Å². The molecule has 0 saturated carbocycles. The lowest BCUT2D eigenvalue weighted by Gasteiger charge is -2.34. The molecule has 1 aliphatic heterocycles. The highest BCUT2D eigenvalue weighted by Crippen LogP contribution is 2.25. The van der Waals surface area contributed by atoms with Crippen LogP contribution in [0.25, 0.3) is 0 Å². The Balaban J connectivity index is 1.61. The van der Waals surface area contributed by atoms with E-state index in [4.69, 9.17) is 11.1 Å².